The predicted octanol–water partition coefficient (Wildman–Crippen LogP) is 4.90. The Balaban J connectivity index is 5.27. The van der Waals surface area contributed by atoms with Crippen LogP contribution in [0.5, 0.6) is 0 Å². The molecule has 0 radical (unpaired) electrons. The Morgan fingerprint density at radius 3 is 1.70 bits per heavy atom. The van der Waals surface area contributed by atoms with Gasteiger partial charge in [-0.3, -0.25) is 8.42 Å². The average Bonchev–Trinajstić information content (AvgIpc) is 2.49. The summed E-state index contributed by atoms with van der Waals surface area (Å²) in [4.78, 5) is 12.3. The smallest absolute Gasteiger partial charge is 0.299 e. The largest absolute Gasteiger partial charge is 0.390 e. The lowest BCUT2D eigenvalue weighted by Crippen LogP contribution is -2.29. The molecule has 0 aliphatic carbocycles. The van der Waals surface area contributed by atoms with Crippen molar-refractivity contribution >= 4 is 26.2 Å². The van der Waals surface area contributed by atoms with Crippen molar-refractivity contribution in [2.45, 2.75) is 79.1 Å². The van der Waals surface area contributed by atoms with Gasteiger partial charge in [0.1, 0.15) is 11.5 Å². The normalized spacial score (nSPS) is 13.2. The fraction of sp³-hybridized carbons (Fsp3) is 0.941. The molecule has 0 spiro atoms. The van der Waals surface area contributed by atoms with Crippen molar-refractivity contribution in [3.8, 4) is 0 Å². The van der Waals surface area contributed by atoms with E-state index in [-0.39, 0.29) is 11.5 Å². The van der Waals surface area contributed by atoms with Gasteiger partial charge in [-0.05, 0) is 36.0 Å². The summed E-state index contributed by atoms with van der Waals surface area (Å²) in [7, 11) is -5.16. The topological polar surface area (TPSA) is 64.0 Å². The molecule has 140 valence electrons. The van der Waals surface area contributed by atoms with E-state index in [0.29, 0.717) is 18.6 Å². The molecule has 1 N–H and O–H groups in total. The SMILES string of the molecule is CCCCS(CCCC)(CC(=O)CCC)[OH+]S(=O)(=O)CCCC. The highest BCUT2D eigenvalue weighted by Gasteiger charge is 2.37. The molecule has 0 saturated heterocycles. The molecule has 0 atom stereocenters. The van der Waals surface area contributed by atoms with E-state index in [0.717, 1.165) is 50.0 Å². The number of carbonyl (C=O) groups is 1. The van der Waals surface area contributed by atoms with Gasteiger partial charge in [-0.1, -0.05) is 47.0 Å². The van der Waals surface area contributed by atoms with E-state index in [4.69, 9.17) is 0 Å². The molecule has 0 amide bonds. The van der Waals surface area contributed by atoms with E-state index in [9.17, 15) is 13.2 Å². The maximum absolute atomic E-state index is 12.4. The van der Waals surface area contributed by atoms with E-state index >= 15 is 0 Å². The van der Waals surface area contributed by atoms with Crippen LogP contribution in [0, 0.1) is 0 Å². The molecule has 4 nitrogen and oxygen atoms in total. The van der Waals surface area contributed by atoms with Crippen LogP contribution in [-0.2, 0) is 14.9 Å². The van der Waals surface area contributed by atoms with Gasteiger partial charge in [-0.15, -0.1) is 0 Å². The van der Waals surface area contributed by atoms with Crippen LogP contribution in [0.1, 0.15) is 79.1 Å². The van der Waals surface area contributed by atoms with Gasteiger partial charge in [-0.25, -0.2) is 0 Å². The van der Waals surface area contributed by atoms with E-state index in [1.165, 1.54) is 0 Å². The highest BCUT2D eigenvalue weighted by molar-refractivity contribution is 8.32. The number of hydrogen-bond acceptors (Lipinski definition) is 3. The van der Waals surface area contributed by atoms with Crippen LogP contribution in [0.25, 0.3) is 0 Å². The van der Waals surface area contributed by atoms with Crippen LogP contribution in [0.4, 0.5) is 0 Å². The predicted molar refractivity (Wildman–Crippen MR) is 103 cm³/mol. The minimum Gasteiger partial charge on any atom is -0.299 e. The van der Waals surface area contributed by atoms with Gasteiger partial charge in [0.05, 0.1) is 5.75 Å². The van der Waals surface area contributed by atoms with Crippen LogP contribution in [0.3, 0.4) is 0 Å². The molecule has 6 heteroatoms. The highest BCUT2D eigenvalue weighted by Crippen LogP contribution is 2.50. The summed E-state index contributed by atoms with van der Waals surface area (Å²) in [5.74, 6) is 2.24. The Kier molecular flexibility index (Phi) is 12.3. The molecule has 23 heavy (non-hydrogen) atoms. The summed E-state index contributed by atoms with van der Waals surface area (Å²) >= 11 is 0. The third-order valence-corrected chi connectivity index (χ3v) is 9.68. The van der Waals surface area contributed by atoms with Crippen molar-refractivity contribution in [3.63, 3.8) is 0 Å². The van der Waals surface area contributed by atoms with Crippen LogP contribution in [0.15, 0.2) is 0 Å². The Bertz CT molecular complexity index is 410. The molecule has 0 aliphatic rings. The first-order valence-electron chi connectivity index (χ1n) is 9.09. The van der Waals surface area contributed by atoms with E-state index in [2.05, 4.69) is 17.5 Å². The second-order valence-electron chi connectivity index (χ2n) is 6.26. The van der Waals surface area contributed by atoms with E-state index in [1.807, 2.05) is 13.8 Å². The fourth-order valence-electron chi connectivity index (χ4n) is 2.43. The summed E-state index contributed by atoms with van der Waals surface area (Å²) < 4.78 is 29.2. The Hall–Kier alpha value is -0.0700. The van der Waals surface area contributed by atoms with Gasteiger partial charge in [0.25, 0.3) is 0 Å². The summed E-state index contributed by atoms with van der Waals surface area (Å²) in [5, 5.41) is 0. The summed E-state index contributed by atoms with van der Waals surface area (Å²) in [6.07, 6.45) is 6.76. The summed E-state index contributed by atoms with van der Waals surface area (Å²) in [5.41, 5.74) is 0. The quantitative estimate of drug-likeness (QED) is 0.305. The molecule has 0 aromatic carbocycles. The van der Waals surface area contributed by atoms with Crippen molar-refractivity contribution in [2.75, 3.05) is 23.0 Å². The Morgan fingerprint density at radius 2 is 1.26 bits per heavy atom. The van der Waals surface area contributed by atoms with Crippen molar-refractivity contribution in [1.82, 2.24) is 0 Å². The van der Waals surface area contributed by atoms with Crippen LogP contribution >= 0.6 is 10.3 Å². The highest BCUT2D eigenvalue weighted by atomic mass is 32.3. The van der Waals surface area contributed by atoms with Gasteiger partial charge in [0.15, 0.2) is 0 Å². The molecule has 0 saturated carbocycles. The molecule has 0 aliphatic heterocycles. The van der Waals surface area contributed by atoms with Gasteiger partial charge in [0, 0.05) is 17.9 Å². The molecule has 0 fully saturated rings. The molecule has 0 aromatic heterocycles. The lowest BCUT2D eigenvalue weighted by atomic mass is 10.3. The zero-order valence-corrected chi connectivity index (χ0v) is 17.1. The van der Waals surface area contributed by atoms with Crippen molar-refractivity contribution < 1.29 is 16.8 Å². The molecule has 0 unspecified atom stereocenters. The first-order chi connectivity index (χ1) is 10.8. The van der Waals surface area contributed by atoms with Crippen LogP contribution in [-0.4, -0.2) is 40.8 Å². The monoisotopic (exact) mass is 369 g/mol. The first-order valence-corrected chi connectivity index (χ1v) is 12.8. The fourth-order valence-corrected chi connectivity index (χ4v) is 9.00. The molecular formula is C17H37O4S2+. The zero-order valence-electron chi connectivity index (χ0n) is 15.5. The number of carbonyl (C=O) groups excluding carboxylic acids is 1. The molecular weight excluding hydrogens is 332 g/mol. The summed E-state index contributed by atoms with van der Waals surface area (Å²) in [6, 6.07) is 0. The molecule has 0 bridgehead atoms. The molecule has 0 aromatic rings. The maximum atomic E-state index is 12.4. The summed E-state index contributed by atoms with van der Waals surface area (Å²) in [6.45, 7) is 8.17. The first kappa shape index (κ1) is 22.9. The molecule has 0 heterocycles. The minimum absolute atomic E-state index is 0.123. The number of Topliss-reactive ketones (excluding diaryl/α,β-unsaturated/α-hetero) is 1. The van der Waals surface area contributed by atoms with Gasteiger partial charge in [0.2, 0.25) is 0 Å². The van der Waals surface area contributed by atoms with Gasteiger partial charge in [-0.2, -0.15) is 8.42 Å². The van der Waals surface area contributed by atoms with Crippen LogP contribution in [0.2, 0.25) is 0 Å². The maximum Gasteiger partial charge on any atom is 0.390 e. The number of unbranched alkanes of at least 4 members (excludes halogenated alkanes) is 3. The van der Waals surface area contributed by atoms with E-state index in [1.54, 1.807) is 0 Å². The van der Waals surface area contributed by atoms with Gasteiger partial charge >= 0.3 is 10.1 Å². The van der Waals surface area contributed by atoms with E-state index < -0.39 is 20.4 Å². The number of hydrogen-bond donors (Lipinski definition) is 0. The number of ketones is 1. The third-order valence-electron chi connectivity index (χ3n) is 3.74. The van der Waals surface area contributed by atoms with Crippen molar-refractivity contribution in [3.05, 3.63) is 0 Å². The standard InChI is InChI=1S/C17H36O4S2/c1-5-9-13-22(14-10-6-2,16-17(18)12-8-4)21-23(19,20)15-11-7-3/h5-16H2,1-4H3/p+1. The molecule has 0 rings (SSSR count). The Labute approximate surface area is 145 Å². The van der Waals surface area contributed by atoms with Crippen LogP contribution < -0.4 is 0 Å². The van der Waals surface area contributed by atoms with Gasteiger partial charge < -0.3 is 0 Å². The average molecular weight is 370 g/mol. The second kappa shape index (κ2) is 12.3. The second-order valence-corrected chi connectivity index (χ2v) is 11.5. The third kappa shape index (κ3) is 10.4. The number of rotatable bonds is 15. The zero-order chi connectivity index (χ0) is 17.8. The minimum atomic E-state index is -3.41. The van der Waals surface area contributed by atoms with Crippen molar-refractivity contribution in [1.29, 1.82) is 0 Å². The lowest BCUT2D eigenvalue weighted by molar-refractivity contribution is -0.116. The van der Waals surface area contributed by atoms with Crippen molar-refractivity contribution in [2.24, 2.45) is 0 Å². The lowest BCUT2D eigenvalue weighted by Gasteiger charge is -2.33. The Morgan fingerprint density at radius 1 is 0.783 bits per heavy atom.